The Morgan fingerprint density at radius 1 is 1.47 bits per heavy atom. The molecule has 2 rings (SSSR count). The van der Waals surface area contributed by atoms with Crippen LogP contribution in [0.5, 0.6) is 5.75 Å². The summed E-state index contributed by atoms with van der Waals surface area (Å²) >= 11 is 0. The third-order valence-electron chi connectivity index (χ3n) is 3.44. The third-order valence-corrected chi connectivity index (χ3v) is 3.44. The maximum absolute atomic E-state index is 13.7. The molecule has 0 spiro atoms. The maximum Gasteiger partial charge on any atom is 0.165 e. The van der Waals surface area contributed by atoms with Crippen molar-refractivity contribution in [1.29, 1.82) is 0 Å². The molecule has 0 aromatic heterocycles. The number of nitrogens with one attached hydrogen (secondary N) is 2. The van der Waals surface area contributed by atoms with Gasteiger partial charge < -0.3 is 15.4 Å². The van der Waals surface area contributed by atoms with Gasteiger partial charge in [-0.15, -0.1) is 0 Å². The summed E-state index contributed by atoms with van der Waals surface area (Å²) in [6, 6.07) is 5.79. The number of rotatable bonds is 6. The Labute approximate surface area is 114 Å². The van der Waals surface area contributed by atoms with Gasteiger partial charge in [-0.05, 0) is 57.0 Å². The van der Waals surface area contributed by atoms with Crippen LogP contribution in [0.1, 0.15) is 25.3 Å². The van der Waals surface area contributed by atoms with E-state index in [0.29, 0.717) is 18.4 Å². The predicted molar refractivity (Wildman–Crippen MR) is 75.2 cm³/mol. The minimum absolute atomic E-state index is 0.265. The Bertz CT molecular complexity index is 392. The molecule has 1 aromatic carbocycles. The van der Waals surface area contributed by atoms with E-state index in [0.717, 1.165) is 31.6 Å². The largest absolute Gasteiger partial charge is 0.491 e. The molecule has 1 unspecified atom stereocenters. The van der Waals surface area contributed by atoms with Gasteiger partial charge in [-0.25, -0.2) is 4.39 Å². The van der Waals surface area contributed by atoms with Crippen LogP contribution in [0.3, 0.4) is 0 Å². The normalized spacial score (nSPS) is 19.4. The Kier molecular flexibility index (Phi) is 5.61. The van der Waals surface area contributed by atoms with Gasteiger partial charge in [0.05, 0.1) is 6.61 Å². The standard InChI is InChI=1S/C15H23FN2O/c1-2-19-15-6-5-12(10-14(15)16)7-9-18-13-4-3-8-17-11-13/h5-6,10,13,17-18H,2-4,7-9,11H2,1H3. The van der Waals surface area contributed by atoms with Gasteiger partial charge in [0.1, 0.15) is 0 Å². The molecule has 1 heterocycles. The van der Waals surface area contributed by atoms with Crippen molar-refractivity contribution in [3.8, 4) is 5.75 Å². The number of benzene rings is 1. The number of ether oxygens (including phenoxy) is 1. The predicted octanol–water partition coefficient (Wildman–Crippen LogP) is 2.11. The Morgan fingerprint density at radius 2 is 2.37 bits per heavy atom. The Hall–Kier alpha value is -1.13. The number of hydrogen-bond acceptors (Lipinski definition) is 3. The fourth-order valence-electron chi connectivity index (χ4n) is 2.42. The molecule has 0 radical (unpaired) electrons. The van der Waals surface area contributed by atoms with Crippen molar-refractivity contribution >= 4 is 0 Å². The van der Waals surface area contributed by atoms with Gasteiger partial charge in [0.2, 0.25) is 0 Å². The van der Waals surface area contributed by atoms with E-state index >= 15 is 0 Å². The molecule has 1 aliphatic heterocycles. The zero-order valence-electron chi connectivity index (χ0n) is 11.5. The van der Waals surface area contributed by atoms with E-state index in [2.05, 4.69) is 10.6 Å². The quantitative estimate of drug-likeness (QED) is 0.827. The lowest BCUT2D eigenvalue weighted by Gasteiger charge is -2.23. The zero-order chi connectivity index (χ0) is 13.5. The van der Waals surface area contributed by atoms with Crippen LogP contribution in [0.4, 0.5) is 4.39 Å². The summed E-state index contributed by atoms with van der Waals surface area (Å²) < 4.78 is 18.9. The first-order valence-corrected chi connectivity index (χ1v) is 7.15. The zero-order valence-corrected chi connectivity index (χ0v) is 11.5. The monoisotopic (exact) mass is 266 g/mol. The molecule has 1 atom stereocenters. The first kappa shape index (κ1) is 14.3. The highest BCUT2D eigenvalue weighted by Crippen LogP contribution is 2.18. The summed E-state index contributed by atoms with van der Waals surface area (Å²) in [6.45, 7) is 5.40. The van der Waals surface area contributed by atoms with Crippen LogP contribution in [0.2, 0.25) is 0 Å². The van der Waals surface area contributed by atoms with Crippen LogP contribution >= 0.6 is 0 Å². The van der Waals surface area contributed by atoms with Crippen molar-refractivity contribution in [2.75, 3.05) is 26.2 Å². The van der Waals surface area contributed by atoms with Crippen LogP contribution in [0.15, 0.2) is 18.2 Å². The molecule has 19 heavy (non-hydrogen) atoms. The smallest absolute Gasteiger partial charge is 0.165 e. The molecular weight excluding hydrogens is 243 g/mol. The van der Waals surface area contributed by atoms with Gasteiger partial charge in [-0.1, -0.05) is 6.07 Å². The van der Waals surface area contributed by atoms with Crippen molar-refractivity contribution in [3.05, 3.63) is 29.6 Å². The van der Waals surface area contributed by atoms with Crippen LogP contribution < -0.4 is 15.4 Å². The average molecular weight is 266 g/mol. The second kappa shape index (κ2) is 7.46. The van der Waals surface area contributed by atoms with Crippen molar-refractivity contribution < 1.29 is 9.13 Å². The van der Waals surface area contributed by atoms with Crippen LogP contribution in [-0.2, 0) is 6.42 Å². The van der Waals surface area contributed by atoms with E-state index in [9.17, 15) is 4.39 Å². The average Bonchev–Trinajstić information content (AvgIpc) is 2.43. The first-order chi connectivity index (χ1) is 9.29. The van der Waals surface area contributed by atoms with Crippen LogP contribution in [0, 0.1) is 5.82 Å². The summed E-state index contributed by atoms with van der Waals surface area (Å²) in [5, 5.41) is 6.89. The van der Waals surface area contributed by atoms with Crippen LogP contribution in [0.25, 0.3) is 0 Å². The number of hydrogen-bond donors (Lipinski definition) is 2. The lowest BCUT2D eigenvalue weighted by molar-refractivity contribution is 0.321. The molecule has 0 aliphatic carbocycles. The minimum atomic E-state index is -0.265. The van der Waals surface area contributed by atoms with E-state index in [-0.39, 0.29) is 5.82 Å². The van der Waals surface area contributed by atoms with Gasteiger partial charge in [0.25, 0.3) is 0 Å². The highest BCUT2D eigenvalue weighted by Gasteiger charge is 2.11. The molecule has 0 bridgehead atoms. The molecule has 3 nitrogen and oxygen atoms in total. The van der Waals surface area contributed by atoms with Gasteiger partial charge in [-0.2, -0.15) is 0 Å². The summed E-state index contributed by atoms with van der Waals surface area (Å²) in [6.07, 6.45) is 3.31. The van der Waals surface area contributed by atoms with Gasteiger partial charge >= 0.3 is 0 Å². The van der Waals surface area contributed by atoms with Crippen LogP contribution in [-0.4, -0.2) is 32.3 Å². The first-order valence-electron chi connectivity index (χ1n) is 7.15. The molecule has 0 saturated carbocycles. The molecule has 0 amide bonds. The van der Waals surface area contributed by atoms with E-state index in [1.807, 2.05) is 13.0 Å². The van der Waals surface area contributed by atoms with Gasteiger partial charge in [0, 0.05) is 12.6 Å². The lowest BCUT2D eigenvalue weighted by Crippen LogP contribution is -2.43. The van der Waals surface area contributed by atoms with E-state index in [1.165, 1.54) is 12.8 Å². The van der Waals surface area contributed by atoms with Crippen molar-refractivity contribution in [2.45, 2.75) is 32.2 Å². The molecule has 1 saturated heterocycles. The molecule has 106 valence electrons. The topological polar surface area (TPSA) is 33.3 Å². The van der Waals surface area contributed by atoms with Crippen molar-refractivity contribution in [1.82, 2.24) is 10.6 Å². The lowest BCUT2D eigenvalue weighted by atomic mass is 10.1. The highest BCUT2D eigenvalue weighted by atomic mass is 19.1. The van der Waals surface area contributed by atoms with E-state index in [4.69, 9.17) is 4.74 Å². The molecule has 4 heteroatoms. The molecule has 1 aromatic rings. The summed E-state index contributed by atoms with van der Waals surface area (Å²) in [5.41, 5.74) is 1.01. The molecule has 2 N–H and O–H groups in total. The SMILES string of the molecule is CCOc1ccc(CCNC2CCCNC2)cc1F. The number of piperidine rings is 1. The summed E-state index contributed by atoms with van der Waals surface area (Å²) in [7, 11) is 0. The Balaban J connectivity index is 1.77. The van der Waals surface area contributed by atoms with Crippen molar-refractivity contribution in [2.24, 2.45) is 0 Å². The molecule has 1 aliphatic rings. The molecular formula is C15H23FN2O. The van der Waals surface area contributed by atoms with E-state index in [1.54, 1.807) is 12.1 Å². The van der Waals surface area contributed by atoms with E-state index < -0.39 is 0 Å². The third kappa shape index (κ3) is 4.48. The maximum atomic E-state index is 13.7. The fourth-order valence-corrected chi connectivity index (χ4v) is 2.42. The van der Waals surface area contributed by atoms with Gasteiger partial charge in [0.15, 0.2) is 11.6 Å². The second-order valence-electron chi connectivity index (χ2n) is 4.95. The number of halogens is 1. The highest BCUT2D eigenvalue weighted by molar-refractivity contribution is 5.29. The summed E-state index contributed by atoms with van der Waals surface area (Å²) in [5.74, 6) is 0.0781. The fraction of sp³-hybridized carbons (Fsp3) is 0.600. The second-order valence-corrected chi connectivity index (χ2v) is 4.95. The minimum Gasteiger partial charge on any atom is -0.491 e. The Morgan fingerprint density at radius 3 is 3.05 bits per heavy atom. The van der Waals surface area contributed by atoms with Gasteiger partial charge in [-0.3, -0.25) is 0 Å². The molecule has 1 fully saturated rings. The summed E-state index contributed by atoms with van der Waals surface area (Å²) in [4.78, 5) is 0. The van der Waals surface area contributed by atoms with Crippen molar-refractivity contribution in [3.63, 3.8) is 0 Å².